The number of amidine groups is 1. The minimum absolute atomic E-state index is 0.104. The molecule has 0 spiro atoms. The van der Waals surface area contributed by atoms with Gasteiger partial charge >= 0.3 is 6.16 Å². The van der Waals surface area contributed by atoms with Crippen LogP contribution in [-0.4, -0.2) is 46.6 Å². The van der Waals surface area contributed by atoms with Crippen LogP contribution in [0.1, 0.15) is 35.4 Å². The maximum absolute atomic E-state index is 11.1. The zero-order valence-corrected chi connectivity index (χ0v) is 18.8. The number of hydrogen-bond donors (Lipinski definition) is 3. The maximum Gasteiger partial charge on any atom is 0.525 e. The van der Waals surface area contributed by atoms with Crippen LogP contribution in [0.2, 0.25) is 0 Å². The van der Waals surface area contributed by atoms with Gasteiger partial charge in [-0.3, -0.25) is 0 Å². The second-order valence-corrected chi connectivity index (χ2v) is 8.50. The van der Waals surface area contributed by atoms with E-state index in [-0.39, 0.29) is 17.9 Å². The van der Waals surface area contributed by atoms with Crippen LogP contribution < -0.4 is 5.73 Å². The molecule has 1 fully saturated rings. The van der Waals surface area contributed by atoms with E-state index in [9.17, 15) is 4.79 Å². The number of piperidine rings is 1. The smallest absolute Gasteiger partial charge is 0.448 e. The first kappa shape index (κ1) is 23.5. The van der Waals surface area contributed by atoms with Gasteiger partial charge in [0.05, 0.1) is 19.3 Å². The van der Waals surface area contributed by atoms with E-state index < -0.39 is 6.16 Å². The molecule has 2 atom stereocenters. The van der Waals surface area contributed by atoms with Gasteiger partial charge in [0.1, 0.15) is 5.84 Å². The Hall–Kier alpha value is -3.62. The van der Waals surface area contributed by atoms with E-state index in [1.54, 1.807) is 0 Å². The molecule has 34 heavy (non-hydrogen) atoms. The lowest BCUT2D eigenvalue weighted by Gasteiger charge is -2.37. The Morgan fingerprint density at radius 2 is 1.79 bits per heavy atom. The number of benzene rings is 3. The van der Waals surface area contributed by atoms with Gasteiger partial charge in [-0.2, -0.15) is 0 Å². The number of carboxylic acid groups (broad SMARTS) is 1. The molecule has 8 heteroatoms. The monoisotopic (exact) mass is 463 g/mol. The summed E-state index contributed by atoms with van der Waals surface area (Å²) in [4.78, 5) is 16.0. The number of hydrogen-bond acceptors (Lipinski definition) is 6. The first-order valence-electron chi connectivity index (χ1n) is 11.3. The zero-order chi connectivity index (χ0) is 23.9. The molecule has 3 aromatic carbocycles. The summed E-state index contributed by atoms with van der Waals surface area (Å²) in [7, 11) is 0. The van der Waals surface area contributed by atoms with E-state index in [4.69, 9.17) is 25.6 Å². The lowest BCUT2D eigenvalue weighted by molar-refractivity contribution is -0.166. The summed E-state index contributed by atoms with van der Waals surface area (Å²) in [6.45, 7) is 1.28. The molecule has 0 bridgehead atoms. The second kappa shape index (κ2) is 11.0. The van der Waals surface area contributed by atoms with E-state index in [0.717, 1.165) is 22.1 Å². The third kappa shape index (κ3) is 6.03. The van der Waals surface area contributed by atoms with Gasteiger partial charge in [0.25, 0.3) is 0 Å². The van der Waals surface area contributed by atoms with Crippen LogP contribution in [0.3, 0.4) is 0 Å². The molecule has 1 aliphatic heterocycles. The van der Waals surface area contributed by atoms with Crippen molar-refractivity contribution in [2.45, 2.75) is 37.9 Å². The summed E-state index contributed by atoms with van der Waals surface area (Å²) in [5.41, 5.74) is 8.86. The number of nitrogens with two attached hydrogens (primary N) is 1. The third-order valence-electron chi connectivity index (χ3n) is 6.21. The quantitative estimate of drug-likeness (QED) is 0.195. The van der Waals surface area contributed by atoms with Crippen LogP contribution in [0.25, 0.3) is 10.8 Å². The van der Waals surface area contributed by atoms with E-state index in [0.29, 0.717) is 39.0 Å². The standard InChI is InChI=1S/C26H29N3O5/c27-25(28-32)12-8-18-5-10-21(11-6-18)23-13-14-29(34-26(30)31)16-24(23)33-17-19-7-9-20-3-1-2-4-22(20)15-19/h1-7,9-11,15,23-24,32H,8,12-14,16-17H2,(H2,27,28)(H,30,31). The number of fused-ring (bicyclic) bond motifs is 1. The predicted octanol–water partition coefficient (Wildman–Crippen LogP) is 4.50. The van der Waals surface area contributed by atoms with Crippen LogP contribution in [0.4, 0.5) is 4.79 Å². The van der Waals surface area contributed by atoms with Crippen LogP contribution >= 0.6 is 0 Å². The molecule has 0 amide bonds. The van der Waals surface area contributed by atoms with Crippen LogP contribution in [0.15, 0.2) is 71.9 Å². The maximum atomic E-state index is 11.1. The minimum atomic E-state index is -1.32. The Kier molecular flexibility index (Phi) is 7.61. The van der Waals surface area contributed by atoms with E-state index in [2.05, 4.69) is 47.6 Å². The molecular formula is C26H29N3O5. The predicted molar refractivity (Wildman–Crippen MR) is 129 cm³/mol. The average molecular weight is 464 g/mol. The summed E-state index contributed by atoms with van der Waals surface area (Å²) in [5, 5.41) is 24.6. The van der Waals surface area contributed by atoms with Gasteiger partial charge in [-0.1, -0.05) is 65.8 Å². The number of nitrogens with zero attached hydrogens (tertiary/aromatic N) is 2. The molecule has 3 aromatic rings. The van der Waals surface area contributed by atoms with Gasteiger partial charge in [-0.05, 0) is 46.4 Å². The van der Waals surface area contributed by atoms with Crippen molar-refractivity contribution in [2.75, 3.05) is 13.1 Å². The van der Waals surface area contributed by atoms with E-state index >= 15 is 0 Å². The fraction of sp³-hybridized carbons (Fsp3) is 0.308. The highest BCUT2D eigenvalue weighted by Gasteiger charge is 2.33. The Morgan fingerprint density at radius 3 is 2.53 bits per heavy atom. The largest absolute Gasteiger partial charge is 0.525 e. The Bertz CT molecular complexity index is 1150. The third-order valence-corrected chi connectivity index (χ3v) is 6.21. The topological polar surface area (TPSA) is 118 Å². The van der Waals surface area contributed by atoms with Crippen molar-refractivity contribution in [3.63, 3.8) is 0 Å². The summed E-state index contributed by atoms with van der Waals surface area (Å²) < 4.78 is 6.35. The number of hydroxylamine groups is 2. The molecule has 1 heterocycles. The molecule has 4 rings (SSSR count). The van der Waals surface area contributed by atoms with Crippen LogP contribution in [0.5, 0.6) is 0 Å². The number of carbonyl (C=O) groups is 1. The highest BCUT2D eigenvalue weighted by molar-refractivity contribution is 5.83. The molecule has 1 aliphatic rings. The van der Waals surface area contributed by atoms with Gasteiger partial charge in [-0.15, -0.1) is 5.06 Å². The fourth-order valence-corrected chi connectivity index (χ4v) is 4.42. The lowest BCUT2D eigenvalue weighted by Crippen LogP contribution is -2.44. The molecule has 0 saturated carbocycles. The molecule has 1 saturated heterocycles. The van der Waals surface area contributed by atoms with Crippen molar-refractivity contribution >= 4 is 22.8 Å². The van der Waals surface area contributed by atoms with Crippen LogP contribution in [0, 0.1) is 0 Å². The lowest BCUT2D eigenvalue weighted by atomic mass is 9.87. The minimum Gasteiger partial charge on any atom is -0.448 e. The van der Waals surface area contributed by atoms with Crippen molar-refractivity contribution in [1.82, 2.24) is 5.06 Å². The highest BCUT2D eigenvalue weighted by Crippen LogP contribution is 2.32. The van der Waals surface area contributed by atoms with Crippen molar-refractivity contribution in [3.05, 3.63) is 83.4 Å². The first-order valence-corrected chi connectivity index (χ1v) is 11.3. The van der Waals surface area contributed by atoms with Gasteiger partial charge in [-0.25, -0.2) is 4.79 Å². The fourth-order valence-electron chi connectivity index (χ4n) is 4.42. The number of ether oxygens (including phenoxy) is 1. The summed E-state index contributed by atoms with van der Waals surface area (Å²) in [5.74, 6) is 0.309. The first-order chi connectivity index (χ1) is 16.5. The Morgan fingerprint density at radius 1 is 1.06 bits per heavy atom. The number of oxime groups is 1. The molecule has 0 aromatic heterocycles. The summed E-state index contributed by atoms with van der Waals surface area (Å²) in [6.07, 6.45) is 0.324. The number of aryl methyl sites for hydroxylation is 1. The molecular weight excluding hydrogens is 434 g/mol. The van der Waals surface area contributed by atoms with Gasteiger partial charge < -0.3 is 25.6 Å². The SMILES string of the molecule is NC(CCc1ccc(C2CCN(OC(=O)O)CC2OCc2ccc3ccccc3c2)cc1)=NO. The van der Waals surface area contributed by atoms with Crippen LogP contribution in [-0.2, 0) is 22.6 Å². The van der Waals surface area contributed by atoms with Gasteiger partial charge in [0.2, 0.25) is 0 Å². The van der Waals surface area contributed by atoms with Gasteiger partial charge in [0, 0.05) is 18.9 Å². The summed E-state index contributed by atoms with van der Waals surface area (Å²) in [6, 6.07) is 22.7. The molecule has 8 nitrogen and oxygen atoms in total. The molecule has 0 aliphatic carbocycles. The van der Waals surface area contributed by atoms with Gasteiger partial charge in [0.15, 0.2) is 0 Å². The van der Waals surface area contributed by atoms with Crippen molar-refractivity contribution in [3.8, 4) is 0 Å². The molecule has 0 radical (unpaired) electrons. The Labute approximate surface area is 198 Å². The second-order valence-electron chi connectivity index (χ2n) is 8.50. The zero-order valence-electron chi connectivity index (χ0n) is 18.8. The summed E-state index contributed by atoms with van der Waals surface area (Å²) >= 11 is 0. The molecule has 178 valence electrons. The van der Waals surface area contributed by atoms with E-state index in [1.165, 1.54) is 10.4 Å². The normalized spacial score (nSPS) is 19.2. The van der Waals surface area contributed by atoms with Crippen molar-refractivity contribution < 1.29 is 24.7 Å². The molecule has 4 N–H and O–H groups in total. The highest BCUT2D eigenvalue weighted by atomic mass is 16.8. The van der Waals surface area contributed by atoms with Crippen molar-refractivity contribution in [2.24, 2.45) is 10.9 Å². The number of rotatable bonds is 8. The van der Waals surface area contributed by atoms with E-state index in [1.807, 2.05) is 24.3 Å². The molecule has 2 unspecified atom stereocenters. The Balaban J connectivity index is 1.47. The van der Waals surface area contributed by atoms with Crippen molar-refractivity contribution in [1.29, 1.82) is 0 Å². The average Bonchev–Trinajstić information content (AvgIpc) is 2.86.